The van der Waals surface area contributed by atoms with Gasteiger partial charge in [0.2, 0.25) is 5.95 Å². The second-order valence-electron chi connectivity index (χ2n) is 7.70. The Balaban J connectivity index is 1.62. The molecule has 0 aliphatic carbocycles. The Morgan fingerprint density at radius 1 is 1.06 bits per heavy atom. The van der Waals surface area contributed by atoms with Gasteiger partial charge in [-0.2, -0.15) is 4.98 Å². The third-order valence-electron chi connectivity index (χ3n) is 5.40. The van der Waals surface area contributed by atoms with Gasteiger partial charge in [-0.25, -0.2) is 4.68 Å². The molecule has 0 unspecified atom stereocenters. The van der Waals surface area contributed by atoms with E-state index in [0.717, 1.165) is 5.56 Å². The molecule has 1 aliphatic rings. The third-order valence-corrected chi connectivity index (χ3v) is 5.63. The number of nitrogens with zero attached hydrogens (tertiary/aromatic N) is 3. The number of aromatic nitrogens is 3. The van der Waals surface area contributed by atoms with E-state index in [-0.39, 0.29) is 11.7 Å². The number of benzene rings is 3. The second kappa shape index (κ2) is 8.44. The number of phenols is 1. The van der Waals surface area contributed by atoms with Crippen molar-refractivity contribution in [2.75, 3.05) is 10.6 Å². The number of halogens is 1. The van der Waals surface area contributed by atoms with Crippen molar-refractivity contribution in [1.82, 2.24) is 14.8 Å². The molecule has 0 radical (unpaired) electrons. The zero-order chi connectivity index (χ0) is 22.9. The fraction of sp³-hybridized carbons (Fsp3) is 0.0800. The largest absolute Gasteiger partial charge is 0.508 e. The molecule has 0 saturated carbocycles. The number of para-hydroxylation sites is 1. The molecular formula is C25H20ClN5O2. The van der Waals surface area contributed by atoms with Crippen LogP contribution in [-0.2, 0) is 4.79 Å². The van der Waals surface area contributed by atoms with Crippen LogP contribution in [0.2, 0.25) is 5.02 Å². The highest BCUT2D eigenvalue weighted by Gasteiger charge is 2.34. The lowest BCUT2D eigenvalue weighted by atomic mass is 9.95. The number of nitrogens with one attached hydrogen (secondary N) is 2. The molecule has 8 heteroatoms. The van der Waals surface area contributed by atoms with Crippen LogP contribution in [0.15, 0.2) is 90.1 Å². The van der Waals surface area contributed by atoms with Gasteiger partial charge < -0.3 is 15.7 Å². The topological polar surface area (TPSA) is 92.1 Å². The standard InChI is InChI=1S/C25H20ClN5O2/c1-15-21(24(33)28-19-10-3-2-4-11-19)22(16-7-6-12-20(32)14-16)31-25(27-15)29-23(30-31)17-8-5-9-18(26)13-17/h2-14,22,32H,1H3,(H,28,33)(H,27,29,30)/t22-/m0/s1. The van der Waals surface area contributed by atoms with Crippen molar-refractivity contribution in [1.29, 1.82) is 0 Å². The average Bonchev–Trinajstić information content (AvgIpc) is 3.22. The summed E-state index contributed by atoms with van der Waals surface area (Å²) in [6, 6.07) is 22.7. The van der Waals surface area contributed by atoms with Gasteiger partial charge >= 0.3 is 0 Å². The summed E-state index contributed by atoms with van der Waals surface area (Å²) in [7, 11) is 0. The van der Waals surface area contributed by atoms with Crippen molar-refractivity contribution in [3.05, 3.63) is 101 Å². The normalized spacial score (nSPS) is 15.0. The molecule has 0 spiro atoms. The Kier molecular flexibility index (Phi) is 5.32. The minimum atomic E-state index is -0.600. The Morgan fingerprint density at radius 2 is 1.85 bits per heavy atom. The number of aromatic hydroxyl groups is 1. The predicted octanol–water partition coefficient (Wildman–Crippen LogP) is 5.23. The molecule has 1 aliphatic heterocycles. The molecule has 1 atom stereocenters. The highest BCUT2D eigenvalue weighted by atomic mass is 35.5. The molecule has 0 saturated heterocycles. The van der Waals surface area contributed by atoms with Gasteiger partial charge in [0.1, 0.15) is 11.8 Å². The maximum absolute atomic E-state index is 13.4. The van der Waals surface area contributed by atoms with Gasteiger partial charge in [-0.1, -0.05) is 54.1 Å². The van der Waals surface area contributed by atoms with Crippen molar-refractivity contribution in [2.24, 2.45) is 0 Å². The van der Waals surface area contributed by atoms with E-state index in [1.165, 1.54) is 0 Å². The maximum atomic E-state index is 13.4. The molecule has 3 N–H and O–H groups in total. The number of fused-ring (bicyclic) bond motifs is 1. The van der Waals surface area contributed by atoms with Crippen LogP contribution in [0.3, 0.4) is 0 Å². The predicted molar refractivity (Wildman–Crippen MR) is 128 cm³/mol. The fourth-order valence-electron chi connectivity index (χ4n) is 3.92. The van der Waals surface area contributed by atoms with Crippen LogP contribution in [-0.4, -0.2) is 25.8 Å². The lowest BCUT2D eigenvalue weighted by Gasteiger charge is -2.28. The molecule has 3 aromatic carbocycles. The highest BCUT2D eigenvalue weighted by Crippen LogP contribution is 2.37. The fourth-order valence-corrected chi connectivity index (χ4v) is 4.11. The van der Waals surface area contributed by atoms with Gasteiger partial charge in [0.15, 0.2) is 5.82 Å². The van der Waals surface area contributed by atoms with E-state index in [2.05, 4.69) is 15.6 Å². The SMILES string of the molecule is CC1=C(C(=O)Nc2ccccc2)[C@H](c2cccc(O)c2)n2nc(-c3cccc(Cl)c3)nc2N1. The van der Waals surface area contributed by atoms with Crippen LogP contribution in [0.5, 0.6) is 5.75 Å². The summed E-state index contributed by atoms with van der Waals surface area (Å²) in [6.45, 7) is 1.83. The average molecular weight is 458 g/mol. The third kappa shape index (κ3) is 4.06. The monoisotopic (exact) mass is 457 g/mol. The quantitative estimate of drug-likeness (QED) is 0.390. The number of anilines is 2. The Morgan fingerprint density at radius 3 is 2.61 bits per heavy atom. The summed E-state index contributed by atoms with van der Waals surface area (Å²) in [6.07, 6.45) is 0. The van der Waals surface area contributed by atoms with Gasteiger partial charge in [-0.15, -0.1) is 5.10 Å². The minimum Gasteiger partial charge on any atom is -0.508 e. The number of allylic oxidation sites excluding steroid dienone is 1. The summed E-state index contributed by atoms with van der Waals surface area (Å²) < 4.78 is 1.66. The second-order valence-corrected chi connectivity index (χ2v) is 8.13. The Bertz CT molecular complexity index is 1380. The van der Waals surface area contributed by atoms with Crippen molar-refractivity contribution in [3.8, 4) is 17.1 Å². The molecule has 7 nitrogen and oxygen atoms in total. The number of hydrogen-bond acceptors (Lipinski definition) is 5. The van der Waals surface area contributed by atoms with Crippen molar-refractivity contribution in [2.45, 2.75) is 13.0 Å². The van der Waals surface area contributed by atoms with Crippen LogP contribution >= 0.6 is 11.6 Å². The van der Waals surface area contributed by atoms with Crippen LogP contribution in [0.25, 0.3) is 11.4 Å². The summed E-state index contributed by atoms with van der Waals surface area (Å²) in [5.74, 6) is 0.794. The van der Waals surface area contributed by atoms with Crippen LogP contribution in [0.1, 0.15) is 18.5 Å². The first-order valence-corrected chi connectivity index (χ1v) is 10.7. The van der Waals surface area contributed by atoms with E-state index >= 15 is 0 Å². The van der Waals surface area contributed by atoms with E-state index in [1.54, 1.807) is 35.0 Å². The molecule has 1 aromatic heterocycles. The molecule has 0 fully saturated rings. The van der Waals surface area contributed by atoms with E-state index < -0.39 is 6.04 Å². The first kappa shape index (κ1) is 20.8. The summed E-state index contributed by atoms with van der Waals surface area (Å²) in [5, 5.41) is 21.6. The van der Waals surface area contributed by atoms with E-state index in [4.69, 9.17) is 16.7 Å². The summed E-state index contributed by atoms with van der Waals surface area (Å²) in [5.41, 5.74) is 3.27. The van der Waals surface area contributed by atoms with Crippen LogP contribution < -0.4 is 10.6 Å². The number of carbonyl (C=O) groups is 1. The summed E-state index contributed by atoms with van der Waals surface area (Å²) >= 11 is 6.16. The molecular weight excluding hydrogens is 438 g/mol. The lowest BCUT2D eigenvalue weighted by Crippen LogP contribution is -2.31. The molecule has 164 valence electrons. The number of amides is 1. The number of rotatable bonds is 4. The number of hydrogen-bond donors (Lipinski definition) is 3. The smallest absolute Gasteiger partial charge is 0.255 e. The maximum Gasteiger partial charge on any atom is 0.255 e. The minimum absolute atomic E-state index is 0.100. The lowest BCUT2D eigenvalue weighted by molar-refractivity contribution is -0.113. The van der Waals surface area contributed by atoms with Crippen molar-refractivity contribution >= 4 is 29.1 Å². The van der Waals surface area contributed by atoms with E-state index in [9.17, 15) is 9.90 Å². The molecule has 2 heterocycles. The Labute approximate surface area is 195 Å². The highest BCUT2D eigenvalue weighted by molar-refractivity contribution is 6.30. The zero-order valence-corrected chi connectivity index (χ0v) is 18.4. The van der Waals surface area contributed by atoms with Crippen molar-refractivity contribution < 1.29 is 9.90 Å². The van der Waals surface area contributed by atoms with Crippen molar-refractivity contribution in [3.63, 3.8) is 0 Å². The summed E-state index contributed by atoms with van der Waals surface area (Å²) in [4.78, 5) is 18.1. The zero-order valence-electron chi connectivity index (χ0n) is 17.7. The Hall–Kier alpha value is -4.10. The van der Waals surface area contributed by atoms with Gasteiger partial charge in [-0.05, 0) is 48.9 Å². The number of carbonyl (C=O) groups excluding carboxylic acids is 1. The van der Waals surface area contributed by atoms with Gasteiger partial charge in [0.05, 0.1) is 5.57 Å². The molecule has 0 bridgehead atoms. The molecule has 1 amide bonds. The molecule has 4 aromatic rings. The van der Waals surface area contributed by atoms with Gasteiger partial charge in [0, 0.05) is 22.0 Å². The van der Waals surface area contributed by atoms with Crippen LogP contribution in [0, 0.1) is 0 Å². The van der Waals surface area contributed by atoms with Crippen LogP contribution in [0.4, 0.5) is 11.6 Å². The van der Waals surface area contributed by atoms with Gasteiger partial charge in [-0.3, -0.25) is 4.79 Å². The first-order chi connectivity index (χ1) is 16.0. The number of phenolic OH excluding ortho intramolecular Hbond substituents is 1. The van der Waals surface area contributed by atoms with Gasteiger partial charge in [0.25, 0.3) is 5.91 Å². The van der Waals surface area contributed by atoms with E-state index in [0.29, 0.717) is 39.3 Å². The van der Waals surface area contributed by atoms with E-state index in [1.807, 2.05) is 55.5 Å². The molecule has 5 rings (SSSR count). The molecule has 33 heavy (non-hydrogen) atoms. The first-order valence-electron chi connectivity index (χ1n) is 10.4.